The van der Waals surface area contributed by atoms with E-state index < -0.39 is 0 Å². The summed E-state index contributed by atoms with van der Waals surface area (Å²) in [5, 5.41) is 7.76. The van der Waals surface area contributed by atoms with Gasteiger partial charge in [0.15, 0.2) is 0 Å². The van der Waals surface area contributed by atoms with Crippen molar-refractivity contribution in [2.45, 2.75) is 0 Å². The minimum Gasteiger partial charge on any atom is -0.310 e. The van der Waals surface area contributed by atoms with Gasteiger partial charge in [-0.25, -0.2) is 0 Å². The smallest absolute Gasteiger partial charge is 0.0641 e. The van der Waals surface area contributed by atoms with Crippen molar-refractivity contribution in [2.24, 2.45) is 0 Å². The molecule has 0 saturated carbocycles. The molecule has 3 heteroatoms. The fourth-order valence-corrected chi connectivity index (χ4v) is 9.43. The molecule has 0 aliphatic carbocycles. The molecule has 0 aliphatic heterocycles. The number of rotatable bonds is 5. The van der Waals surface area contributed by atoms with Crippen LogP contribution < -0.4 is 4.90 Å². The van der Waals surface area contributed by atoms with E-state index >= 15 is 0 Å². The van der Waals surface area contributed by atoms with Gasteiger partial charge in [-0.3, -0.25) is 0 Å². The van der Waals surface area contributed by atoms with Gasteiger partial charge >= 0.3 is 0 Å². The van der Waals surface area contributed by atoms with Gasteiger partial charge in [-0.1, -0.05) is 127 Å². The molecule has 0 bridgehead atoms. The molecule has 11 rings (SSSR count). The first kappa shape index (κ1) is 28.4. The Morgan fingerprint density at radius 3 is 1.73 bits per heavy atom. The Kier molecular flexibility index (Phi) is 6.16. The van der Waals surface area contributed by atoms with Crippen molar-refractivity contribution in [3.63, 3.8) is 0 Å². The molecule has 0 atom stereocenters. The Morgan fingerprint density at radius 2 is 0.961 bits per heavy atom. The first-order chi connectivity index (χ1) is 25.3. The Balaban J connectivity index is 1.14. The van der Waals surface area contributed by atoms with Crippen LogP contribution in [0.1, 0.15) is 0 Å². The second-order valence-electron chi connectivity index (χ2n) is 13.3. The van der Waals surface area contributed by atoms with Crippen LogP contribution in [0.5, 0.6) is 0 Å². The molecule has 3 heterocycles. The molecule has 11 aromatic rings. The third-order valence-corrected chi connectivity index (χ3v) is 11.7. The van der Waals surface area contributed by atoms with Crippen LogP contribution in [0.3, 0.4) is 0 Å². The zero-order chi connectivity index (χ0) is 33.5. The molecule has 51 heavy (non-hydrogen) atoms. The van der Waals surface area contributed by atoms with Gasteiger partial charge in [-0.2, -0.15) is 0 Å². The lowest BCUT2D eigenvalue weighted by atomic mass is 9.98. The standard InChI is InChI=1S/C48H30N2S/c1-2-11-31(12-3-1)32-21-25-34(26-22-32)49(35-27-23-33(24-28-35)36-16-10-20-45-46(36)40-15-6-9-19-44(40)51-45)43-30-29-38-37-13-4-7-17-41(37)50-42-18-8-5-14-39(42)47(43)48(38)50/h1-30H. The van der Waals surface area contributed by atoms with Gasteiger partial charge in [0, 0.05) is 53.1 Å². The van der Waals surface area contributed by atoms with E-state index in [9.17, 15) is 0 Å². The van der Waals surface area contributed by atoms with E-state index in [4.69, 9.17) is 0 Å². The lowest BCUT2D eigenvalue weighted by Crippen LogP contribution is -2.10. The summed E-state index contributed by atoms with van der Waals surface area (Å²) in [5.41, 5.74) is 12.1. The second kappa shape index (κ2) is 11.0. The molecule has 0 radical (unpaired) electrons. The molecule has 238 valence electrons. The van der Waals surface area contributed by atoms with Crippen LogP contribution in [-0.4, -0.2) is 4.40 Å². The maximum Gasteiger partial charge on any atom is 0.0641 e. The highest BCUT2D eigenvalue weighted by atomic mass is 32.1. The molecule has 0 N–H and O–H groups in total. The maximum absolute atomic E-state index is 2.46. The average Bonchev–Trinajstić information content (AvgIpc) is 3.87. The molecule has 0 unspecified atom stereocenters. The van der Waals surface area contributed by atoms with E-state index in [-0.39, 0.29) is 0 Å². The van der Waals surface area contributed by atoms with Crippen molar-refractivity contribution in [3.8, 4) is 22.3 Å². The Morgan fingerprint density at radius 1 is 0.373 bits per heavy atom. The summed E-state index contributed by atoms with van der Waals surface area (Å²) in [6.45, 7) is 0. The van der Waals surface area contributed by atoms with Gasteiger partial charge in [0.2, 0.25) is 0 Å². The molecule has 0 saturated heterocycles. The topological polar surface area (TPSA) is 7.65 Å². The van der Waals surface area contributed by atoms with E-state index in [2.05, 4.69) is 191 Å². The van der Waals surface area contributed by atoms with E-state index in [1.54, 1.807) is 0 Å². The third kappa shape index (κ3) is 4.22. The minimum absolute atomic E-state index is 1.12. The van der Waals surface area contributed by atoms with Gasteiger partial charge in [0.25, 0.3) is 0 Å². The summed E-state index contributed by atoms with van der Waals surface area (Å²) in [5.74, 6) is 0. The molecule has 8 aromatic carbocycles. The van der Waals surface area contributed by atoms with Gasteiger partial charge in [0.05, 0.1) is 22.2 Å². The van der Waals surface area contributed by atoms with Crippen LogP contribution in [0.2, 0.25) is 0 Å². The monoisotopic (exact) mass is 666 g/mol. The summed E-state index contributed by atoms with van der Waals surface area (Å²) in [6.07, 6.45) is 0. The number of benzene rings is 8. The highest BCUT2D eigenvalue weighted by Crippen LogP contribution is 2.48. The van der Waals surface area contributed by atoms with Gasteiger partial charge in [0.1, 0.15) is 0 Å². The first-order valence-corrected chi connectivity index (χ1v) is 18.3. The molecule has 3 aromatic heterocycles. The van der Waals surface area contributed by atoms with Gasteiger partial charge in [-0.15, -0.1) is 11.3 Å². The summed E-state index contributed by atoms with van der Waals surface area (Å²) in [6, 6.07) is 66.6. The molecule has 0 amide bonds. The zero-order valence-electron chi connectivity index (χ0n) is 27.6. The largest absolute Gasteiger partial charge is 0.310 e. The molecular weight excluding hydrogens is 637 g/mol. The predicted molar refractivity (Wildman–Crippen MR) is 220 cm³/mol. The summed E-state index contributed by atoms with van der Waals surface area (Å²) >= 11 is 1.87. The van der Waals surface area contributed by atoms with Crippen molar-refractivity contribution in [1.82, 2.24) is 4.40 Å². The quantitative estimate of drug-likeness (QED) is 0.177. The minimum atomic E-state index is 1.12. The van der Waals surface area contributed by atoms with Crippen molar-refractivity contribution in [2.75, 3.05) is 4.90 Å². The van der Waals surface area contributed by atoms with Crippen LogP contribution in [0.25, 0.3) is 80.5 Å². The Bertz CT molecular complexity index is 3060. The van der Waals surface area contributed by atoms with Crippen LogP contribution in [0, 0.1) is 0 Å². The summed E-state index contributed by atoms with van der Waals surface area (Å²) < 4.78 is 5.11. The van der Waals surface area contributed by atoms with E-state index in [1.807, 2.05) is 11.3 Å². The zero-order valence-corrected chi connectivity index (χ0v) is 28.4. The van der Waals surface area contributed by atoms with Gasteiger partial charge in [-0.05, 0) is 76.9 Å². The summed E-state index contributed by atoms with van der Waals surface area (Å²) in [7, 11) is 0. The number of thiophene rings is 1. The van der Waals surface area contributed by atoms with E-state index in [1.165, 1.54) is 86.2 Å². The maximum atomic E-state index is 2.46. The lowest BCUT2D eigenvalue weighted by Gasteiger charge is -2.27. The normalized spacial score (nSPS) is 11.9. The molecule has 2 nitrogen and oxygen atoms in total. The van der Waals surface area contributed by atoms with Gasteiger partial charge < -0.3 is 9.30 Å². The lowest BCUT2D eigenvalue weighted by molar-refractivity contribution is 1.30. The second-order valence-corrected chi connectivity index (χ2v) is 14.4. The first-order valence-electron chi connectivity index (χ1n) is 17.4. The average molecular weight is 667 g/mol. The highest BCUT2D eigenvalue weighted by molar-refractivity contribution is 7.25. The SMILES string of the molecule is c1ccc(-c2ccc(N(c3ccc(-c4cccc5sc6ccccc6c45)cc3)c3ccc4c5ccccc5n5c6ccccc6c3c45)cc2)cc1. The van der Waals surface area contributed by atoms with Crippen LogP contribution in [0.15, 0.2) is 182 Å². The number of para-hydroxylation sites is 2. The third-order valence-electron chi connectivity index (χ3n) is 10.5. The molecule has 0 spiro atoms. The van der Waals surface area contributed by atoms with Crippen LogP contribution in [0.4, 0.5) is 17.1 Å². The fraction of sp³-hybridized carbons (Fsp3) is 0. The number of aromatic nitrogens is 1. The molecular formula is C48H30N2S. The number of fused-ring (bicyclic) bond motifs is 9. The fourth-order valence-electron chi connectivity index (χ4n) is 8.30. The molecule has 0 aliphatic rings. The van der Waals surface area contributed by atoms with Crippen LogP contribution in [-0.2, 0) is 0 Å². The van der Waals surface area contributed by atoms with Crippen molar-refractivity contribution >= 4 is 86.7 Å². The molecule has 0 fully saturated rings. The highest BCUT2D eigenvalue weighted by Gasteiger charge is 2.24. The number of hydrogen-bond donors (Lipinski definition) is 0. The predicted octanol–water partition coefficient (Wildman–Crippen LogP) is 14.0. The van der Waals surface area contributed by atoms with E-state index in [0.717, 1.165) is 11.4 Å². The number of anilines is 3. The van der Waals surface area contributed by atoms with Crippen molar-refractivity contribution in [1.29, 1.82) is 0 Å². The van der Waals surface area contributed by atoms with Crippen molar-refractivity contribution < 1.29 is 0 Å². The number of hydrogen-bond acceptors (Lipinski definition) is 2. The number of nitrogens with zero attached hydrogens (tertiary/aromatic N) is 2. The van der Waals surface area contributed by atoms with E-state index in [0.29, 0.717) is 0 Å². The Hall–Kier alpha value is -6.42. The Labute approximate surface area is 299 Å². The van der Waals surface area contributed by atoms with Crippen molar-refractivity contribution in [3.05, 3.63) is 182 Å². The summed E-state index contributed by atoms with van der Waals surface area (Å²) in [4.78, 5) is 2.44. The van der Waals surface area contributed by atoms with Crippen LogP contribution >= 0.6 is 11.3 Å².